The highest BCUT2D eigenvalue weighted by atomic mass is 35.5. The second-order valence-corrected chi connectivity index (χ2v) is 12.2. The van der Waals surface area contributed by atoms with E-state index in [1.807, 2.05) is 32.9 Å². The van der Waals surface area contributed by atoms with Gasteiger partial charge in [0.05, 0.1) is 29.2 Å². The molecule has 0 radical (unpaired) electrons. The quantitative estimate of drug-likeness (QED) is 0.174. The van der Waals surface area contributed by atoms with Gasteiger partial charge in [-0.15, -0.1) is 0 Å². The highest BCUT2D eigenvalue weighted by molar-refractivity contribution is 6.32. The molecule has 3 heterocycles. The lowest BCUT2D eigenvalue weighted by Gasteiger charge is -2.20. The van der Waals surface area contributed by atoms with Crippen molar-refractivity contribution in [3.05, 3.63) is 76.6 Å². The summed E-state index contributed by atoms with van der Waals surface area (Å²) >= 11 is 12.8. The van der Waals surface area contributed by atoms with Crippen molar-refractivity contribution in [2.75, 3.05) is 10.6 Å². The number of H-pyrrole nitrogens is 1. The molecular weight excluding hydrogens is 575 g/mol. The molecule has 42 heavy (non-hydrogen) atoms. The third-order valence-corrected chi connectivity index (χ3v) is 7.23. The number of carbonyl (C=O) groups is 2. The number of anilines is 2. The first-order valence-corrected chi connectivity index (χ1v) is 14.5. The van der Waals surface area contributed by atoms with Gasteiger partial charge in [0.15, 0.2) is 0 Å². The summed E-state index contributed by atoms with van der Waals surface area (Å²) < 4.78 is 5.43. The van der Waals surface area contributed by atoms with Crippen molar-refractivity contribution >= 4 is 46.7 Å². The highest BCUT2D eigenvalue weighted by Gasteiger charge is 2.30. The van der Waals surface area contributed by atoms with Crippen LogP contribution in [-0.2, 0) is 9.53 Å². The van der Waals surface area contributed by atoms with E-state index in [9.17, 15) is 9.59 Å². The minimum Gasteiger partial charge on any atom is -0.444 e. The number of aromatic nitrogens is 4. The summed E-state index contributed by atoms with van der Waals surface area (Å²) in [6, 6.07) is 12.7. The SMILES string of the molecule is CC(=O)Nc1ccc(-c2cnc(C(CC3CC3)c3ccc(-c4cc(Cl)ccc4NC(=O)OC(C)(C)C)cn3)[nH]2)c(Cl)n1. The number of nitrogens with zero attached hydrogens (tertiary/aromatic N) is 3. The van der Waals surface area contributed by atoms with Gasteiger partial charge in [-0.3, -0.25) is 15.1 Å². The molecule has 1 saturated carbocycles. The highest BCUT2D eigenvalue weighted by Crippen LogP contribution is 2.41. The lowest BCUT2D eigenvalue weighted by Crippen LogP contribution is -2.27. The molecule has 1 atom stereocenters. The zero-order valence-corrected chi connectivity index (χ0v) is 25.3. The lowest BCUT2D eigenvalue weighted by molar-refractivity contribution is -0.114. The molecule has 1 aliphatic carbocycles. The lowest BCUT2D eigenvalue weighted by atomic mass is 9.95. The molecule has 1 fully saturated rings. The van der Waals surface area contributed by atoms with Crippen LogP contribution >= 0.6 is 23.2 Å². The van der Waals surface area contributed by atoms with E-state index in [1.54, 1.807) is 42.7 Å². The van der Waals surface area contributed by atoms with Crippen molar-refractivity contribution in [3.63, 3.8) is 0 Å². The molecule has 0 aliphatic heterocycles. The molecule has 218 valence electrons. The van der Waals surface area contributed by atoms with Gasteiger partial charge in [0.2, 0.25) is 5.91 Å². The van der Waals surface area contributed by atoms with Crippen LogP contribution < -0.4 is 10.6 Å². The van der Waals surface area contributed by atoms with Crippen LogP contribution in [-0.4, -0.2) is 37.5 Å². The second-order valence-electron chi connectivity index (χ2n) is 11.4. The number of ether oxygens (including phenoxy) is 1. The maximum Gasteiger partial charge on any atom is 0.412 e. The van der Waals surface area contributed by atoms with Gasteiger partial charge in [-0.05, 0) is 69.5 Å². The molecular formula is C31H32Cl2N6O3. The summed E-state index contributed by atoms with van der Waals surface area (Å²) in [6.07, 6.45) is 6.26. The van der Waals surface area contributed by atoms with Gasteiger partial charge in [-0.2, -0.15) is 0 Å². The number of pyridine rings is 2. The van der Waals surface area contributed by atoms with E-state index in [4.69, 9.17) is 37.9 Å². The van der Waals surface area contributed by atoms with Gasteiger partial charge < -0.3 is 15.0 Å². The molecule has 0 spiro atoms. The van der Waals surface area contributed by atoms with Crippen LogP contribution in [0, 0.1) is 5.92 Å². The van der Waals surface area contributed by atoms with Crippen LogP contribution in [0.15, 0.2) is 54.9 Å². The minimum atomic E-state index is -0.625. The molecule has 0 bridgehead atoms. The first kappa shape index (κ1) is 29.5. The molecule has 2 amide bonds. The summed E-state index contributed by atoms with van der Waals surface area (Å²) in [7, 11) is 0. The summed E-state index contributed by atoms with van der Waals surface area (Å²) in [5.74, 6) is 1.52. The first-order valence-electron chi connectivity index (χ1n) is 13.7. The van der Waals surface area contributed by atoms with Crippen LogP contribution in [0.2, 0.25) is 10.2 Å². The Morgan fingerprint density at radius 2 is 1.81 bits per heavy atom. The van der Waals surface area contributed by atoms with Gasteiger partial charge in [0.1, 0.15) is 22.4 Å². The van der Waals surface area contributed by atoms with Crippen molar-refractivity contribution in [1.82, 2.24) is 19.9 Å². The Morgan fingerprint density at radius 3 is 2.45 bits per heavy atom. The molecule has 1 aliphatic rings. The first-order chi connectivity index (χ1) is 19.9. The average molecular weight is 608 g/mol. The number of halogens is 2. The van der Waals surface area contributed by atoms with Crippen molar-refractivity contribution in [3.8, 4) is 22.4 Å². The Bertz CT molecular complexity index is 1610. The van der Waals surface area contributed by atoms with Gasteiger partial charge >= 0.3 is 6.09 Å². The number of amides is 2. The van der Waals surface area contributed by atoms with Crippen molar-refractivity contribution in [2.45, 2.75) is 58.5 Å². The predicted octanol–water partition coefficient (Wildman–Crippen LogP) is 8.08. The largest absolute Gasteiger partial charge is 0.444 e. The normalized spacial score (nSPS) is 13.9. The Hall–Kier alpha value is -3.95. The van der Waals surface area contributed by atoms with E-state index in [0.717, 1.165) is 34.8 Å². The van der Waals surface area contributed by atoms with Gasteiger partial charge in [-0.1, -0.05) is 42.1 Å². The third-order valence-electron chi connectivity index (χ3n) is 6.71. The summed E-state index contributed by atoms with van der Waals surface area (Å²) in [4.78, 5) is 41.1. The number of imidazole rings is 1. The van der Waals surface area contributed by atoms with Crippen LogP contribution in [0.5, 0.6) is 0 Å². The maximum absolute atomic E-state index is 12.5. The average Bonchev–Trinajstić information content (AvgIpc) is 3.61. The molecule has 9 nitrogen and oxygen atoms in total. The molecule has 11 heteroatoms. The number of aromatic amines is 1. The van der Waals surface area contributed by atoms with Crippen LogP contribution in [0.1, 0.15) is 64.4 Å². The Labute approximate surface area is 254 Å². The van der Waals surface area contributed by atoms with Crippen LogP contribution in [0.25, 0.3) is 22.4 Å². The van der Waals surface area contributed by atoms with Crippen molar-refractivity contribution < 1.29 is 14.3 Å². The molecule has 1 aromatic carbocycles. The molecule has 0 saturated heterocycles. The summed E-state index contributed by atoms with van der Waals surface area (Å²) in [6.45, 7) is 6.86. The van der Waals surface area contributed by atoms with E-state index in [1.165, 1.54) is 19.8 Å². The molecule has 1 unspecified atom stereocenters. The monoisotopic (exact) mass is 606 g/mol. The maximum atomic E-state index is 12.5. The van der Waals surface area contributed by atoms with Gasteiger partial charge in [-0.25, -0.2) is 14.8 Å². The van der Waals surface area contributed by atoms with Gasteiger partial charge in [0, 0.05) is 34.8 Å². The zero-order valence-electron chi connectivity index (χ0n) is 23.8. The predicted molar refractivity (Wildman–Crippen MR) is 165 cm³/mol. The number of hydrogen-bond acceptors (Lipinski definition) is 6. The van der Waals surface area contributed by atoms with Gasteiger partial charge in [0.25, 0.3) is 0 Å². The number of hydrogen-bond donors (Lipinski definition) is 3. The number of carbonyl (C=O) groups excluding carboxylic acids is 2. The zero-order chi connectivity index (χ0) is 30.0. The van der Waals surface area contributed by atoms with Crippen molar-refractivity contribution in [1.29, 1.82) is 0 Å². The Morgan fingerprint density at radius 1 is 1.02 bits per heavy atom. The van der Waals surface area contributed by atoms with Crippen LogP contribution in [0.4, 0.5) is 16.3 Å². The topological polar surface area (TPSA) is 122 Å². The number of benzene rings is 1. The smallest absolute Gasteiger partial charge is 0.412 e. The standard InChI is InChI=1S/C31H32Cl2N6O3/c1-17(40)36-27-12-9-21(28(33)39-27)26-16-35-29(37-26)23(13-18-5-6-18)24-10-7-19(15-34-24)22-14-20(32)8-11-25(22)38-30(41)42-31(2,3)4/h7-12,14-16,18,23H,5-6,13H2,1-4H3,(H,35,37)(H,38,41)(H,36,39,40). The molecule has 5 rings (SSSR count). The van der Waals surface area contributed by atoms with Crippen LogP contribution in [0.3, 0.4) is 0 Å². The van der Waals surface area contributed by atoms with E-state index in [0.29, 0.717) is 28.0 Å². The van der Waals surface area contributed by atoms with Crippen molar-refractivity contribution in [2.24, 2.45) is 5.92 Å². The van der Waals surface area contributed by atoms with E-state index in [-0.39, 0.29) is 17.0 Å². The minimum absolute atomic E-state index is 0.0515. The second kappa shape index (κ2) is 12.1. The van der Waals surface area contributed by atoms with E-state index < -0.39 is 11.7 Å². The molecule has 3 aromatic heterocycles. The summed E-state index contributed by atoms with van der Waals surface area (Å²) in [5, 5.41) is 6.26. The fourth-order valence-electron chi connectivity index (χ4n) is 4.64. The Balaban J connectivity index is 1.41. The molecule has 3 N–H and O–H groups in total. The van der Waals surface area contributed by atoms with E-state index in [2.05, 4.69) is 20.6 Å². The fraction of sp³-hybridized carbons (Fsp3) is 0.323. The number of rotatable bonds is 8. The number of nitrogens with one attached hydrogen (secondary N) is 3. The van der Waals surface area contributed by atoms with E-state index >= 15 is 0 Å². The summed E-state index contributed by atoms with van der Waals surface area (Å²) in [5.41, 5.74) is 3.77. The fourth-order valence-corrected chi connectivity index (χ4v) is 5.07. The Kier molecular flexibility index (Phi) is 8.52. The third kappa shape index (κ3) is 7.46. The molecule has 4 aromatic rings.